The summed E-state index contributed by atoms with van der Waals surface area (Å²) in [4.78, 5) is 22.2. The SMILES string of the molecule is Cn1cc(-n2ccc3nc(Nc4cc(C(=O)NC5CCNCC5)cs4)nc(O[C@@H]4CCOC4)c32)cn1. The minimum absolute atomic E-state index is 0.0543. The van der Waals surface area contributed by atoms with Gasteiger partial charge in [0, 0.05) is 37.3 Å². The number of nitrogens with zero attached hydrogens (tertiary/aromatic N) is 5. The van der Waals surface area contributed by atoms with Crippen LogP contribution in [0.15, 0.2) is 36.1 Å². The first-order valence-electron chi connectivity index (χ1n) is 12.1. The van der Waals surface area contributed by atoms with Gasteiger partial charge >= 0.3 is 0 Å². The van der Waals surface area contributed by atoms with Crippen molar-refractivity contribution in [2.45, 2.75) is 31.4 Å². The maximum Gasteiger partial charge on any atom is 0.252 e. The van der Waals surface area contributed by atoms with Crippen LogP contribution in [0.4, 0.5) is 10.9 Å². The number of carbonyl (C=O) groups is 1. The number of nitrogens with one attached hydrogen (secondary N) is 3. The molecule has 36 heavy (non-hydrogen) atoms. The molecule has 1 amide bonds. The lowest BCUT2D eigenvalue weighted by atomic mass is 10.1. The second-order valence-corrected chi connectivity index (χ2v) is 9.98. The lowest BCUT2D eigenvalue weighted by Crippen LogP contribution is -2.42. The average Bonchev–Trinajstić information content (AvgIpc) is 3.67. The number of hydrogen-bond acceptors (Lipinski definition) is 9. The lowest BCUT2D eigenvalue weighted by molar-refractivity contribution is 0.0930. The van der Waals surface area contributed by atoms with E-state index in [1.165, 1.54) is 11.3 Å². The first kappa shape index (κ1) is 23.0. The van der Waals surface area contributed by atoms with Crippen molar-refractivity contribution < 1.29 is 14.3 Å². The number of piperidine rings is 1. The first-order chi connectivity index (χ1) is 17.6. The van der Waals surface area contributed by atoms with Crippen molar-refractivity contribution in [1.29, 1.82) is 0 Å². The highest BCUT2D eigenvalue weighted by Crippen LogP contribution is 2.31. The molecule has 6 rings (SSSR count). The van der Waals surface area contributed by atoms with Crippen LogP contribution in [0, 0.1) is 0 Å². The summed E-state index contributed by atoms with van der Waals surface area (Å²) < 4.78 is 15.5. The fourth-order valence-corrected chi connectivity index (χ4v) is 5.30. The van der Waals surface area contributed by atoms with Gasteiger partial charge in [0.05, 0.1) is 41.2 Å². The molecule has 2 saturated heterocycles. The third-order valence-corrected chi connectivity index (χ3v) is 7.25. The molecule has 0 aromatic carbocycles. The fraction of sp³-hybridized carbons (Fsp3) is 0.417. The third kappa shape index (κ3) is 4.79. The predicted molar refractivity (Wildman–Crippen MR) is 136 cm³/mol. The second-order valence-electron chi connectivity index (χ2n) is 9.07. The molecular weight excluding hydrogens is 480 g/mol. The van der Waals surface area contributed by atoms with Crippen LogP contribution in [-0.4, -0.2) is 68.7 Å². The number of amides is 1. The third-order valence-electron chi connectivity index (χ3n) is 6.41. The fourth-order valence-electron chi connectivity index (χ4n) is 4.53. The Morgan fingerprint density at radius 2 is 2.17 bits per heavy atom. The minimum Gasteiger partial charge on any atom is -0.470 e. The molecule has 2 aliphatic rings. The number of aromatic nitrogens is 5. The molecule has 0 saturated carbocycles. The zero-order chi connectivity index (χ0) is 24.5. The van der Waals surface area contributed by atoms with E-state index in [-0.39, 0.29) is 18.1 Å². The highest BCUT2D eigenvalue weighted by molar-refractivity contribution is 7.14. The van der Waals surface area contributed by atoms with Crippen molar-refractivity contribution in [3.63, 3.8) is 0 Å². The number of aryl methyl sites for hydroxylation is 1. The van der Waals surface area contributed by atoms with E-state index in [0.717, 1.165) is 54.1 Å². The Morgan fingerprint density at radius 3 is 2.94 bits per heavy atom. The van der Waals surface area contributed by atoms with Crippen molar-refractivity contribution in [2.75, 3.05) is 31.6 Å². The van der Waals surface area contributed by atoms with Gasteiger partial charge in [0.1, 0.15) is 11.6 Å². The van der Waals surface area contributed by atoms with Gasteiger partial charge in [0.25, 0.3) is 5.91 Å². The second kappa shape index (κ2) is 9.88. The summed E-state index contributed by atoms with van der Waals surface area (Å²) in [5.74, 6) is 0.834. The highest BCUT2D eigenvalue weighted by Gasteiger charge is 2.23. The summed E-state index contributed by atoms with van der Waals surface area (Å²) in [5.41, 5.74) is 3.04. The Bertz CT molecular complexity index is 1370. The van der Waals surface area contributed by atoms with Crippen LogP contribution in [0.3, 0.4) is 0 Å². The predicted octanol–water partition coefficient (Wildman–Crippen LogP) is 2.61. The van der Waals surface area contributed by atoms with Crippen LogP contribution in [-0.2, 0) is 11.8 Å². The van der Waals surface area contributed by atoms with Gasteiger partial charge in [-0.25, -0.2) is 4.98 Å². The van der Waals surface area contributed by atoms with Gasteiger partial charge in [-0.1, -0.05) is 0 Å². The average molecular weight is 509 g/mol. The van der Waals surface area contributed by atoms with E-state index in [2.05, 4.69) is 21.0 Å². The smallest absolute Gasteiger partial charge is 0.252 e. The monoisotopic (exact) mass is 508 g/mol. The molecule has 0 unspecified atom stereocenters. The van der Waals surface area contributed by atoms with Crippen molar-refractivity contribution in [1.82, 2.24) is 34.9 Å². The molecule has 2 fully saturated rings. The van der Waals surface area contributed by atoms with Crippen molar-refractivity contribution in [3.8, 4) is 11.6 Å². The number of carbonyl (C=O) groups excluding carboxylic acids is 1. The van der Waals surface area contributed by atoms with E-state index < -0.39 is 0 Å². The van der Waals surface area contributed by atoms with Crippen molar-refractivity contribution in [2.24, 2.45) is 7.05 Å². The zero-order valence-corrected chi connectivity index (χ0v) is 20.8. The molecule has 1 atom stereocenters. The zero-order valence-electron chi connectivity index (χ0n) is 19.9. The number of thiophene rings is 1. The Kier molecular flexibility index (Phi) is 6.30. The molecular formula is C24H28N8O3S. The molecule has 0 radical (unpaired) electrons. The van der Waals surface area contributed by atoms with Crippen molar-refractivity contribution in [3.05, 3.63) is 41.7 Å². The van der Waals surface area contributed by atoms with Crippen LogP contribution in [0.2, 0.25) is 0 Å². The van der Waals surface area contributed by atoms with Gasteiger partial charge in [0.15, 0.2) is 0 Å². The molecule has 188 valence electrons. The summed E-state index contributed by atoms with van der Waals surface area (Å²) >= 11 is 1.44. The Hall–Kier alpha value is -3.48. The van der Waals surface area contributed by atoms with Crippen LogP contribution < -0.4 is 20.7 Å². The standard InChI is InChI=1S/C24H28N8O3S/c1-31-12-17(11-26-31)32-8-4-19-21(32)23(35-18-5-9-34-13-18)30-24(28-19)29-20-10-15(14-36-20)22(33)27-16-2-6-25-7-3-16/h4,8,10-12,14,16,18,25H,2-3,5-7,9,13H2,1H3,(H,27,33)(H,28,29,30)/t18-/m1/s1. The summed E-state index contributed by atoms with van der Waals surface area (Å²) in [5, 5.41) is 16.6. The Balaban J connectivity index is 1.26. The van der Waals surface area contributed by atoms with Crippen LogP contribution in [0.1, 0.15) is 29.6 Å². The van der Waals surface area contributed by atoms with E-state index in [1.54, 1.807) is 10.9 Å². The van der Waals surface area contributed by atoms with Gasteiger partial charge in [-0.15, -0.1) is 11.3 Å². The van der Waals surface area contributed by atoms with Crippen LogP contribution in [0.5, 0.6) is 5.88 Å². The van der Waals surface area contributed by atoms with Crippen LogP contribution >= 0.6 is 11.3 Å². The van der Waals surface area contributed by atoms with E-state index >= 15 is 0 Å². The Morgan fingerprint density at radius 1 is 1.28 bits per heavy atom. The molecule has 0 spiro atoms. The molecule has 0 aliphatic carbocycles. The minimum atomic E-state index is -0.0692. The maximum atomic E-state index is 12.7. The van der Waals surface area contributed by atoms with Gasteiger partial charge in [-0.2, -0.15) is 10.1 Å². The summed E-state index contributed by atoms with van der Waals surface area (Å²) in [6.07, 6.45) is 8.28. The number of rotatable bonds is 7. The van der Waals surface area contributed by atoms with E-state index in [9.17, 15) is 4.79 Å². The molecule has 4 aromatic heterocycles. The normalized spacial score (nSPS) is 18.5. The van der Waals surface area contributed by atoms with Gasteiger partial charge in [-0.3, -0.25) is 9.48 Å². The number of anilines is 2. The topological polar surface area (TPSA) is 120 Å². The van der Waals surface area contributed by atoms with Gasteiger partial charge in [-0.05, 0) is 38.1 Å². The molecule has 4 aromatic rings. The first-order valence-corrected chi connectivity index (χ1v) is 13.0. The molecule has 0 bridgehead atoms. The molecule has 6 heterocycles. The largest absolute Gasteiger partial charge is 0.470 e. The molecule has 11 nitrogen and oxygen atoms in total. The quantitative estimate of drug-likeness (QED) is 0.349. The maximum absolute atomic E-state index is 12.7. The molecule has 3 N–H and O–H groups in total. The molecule has 12 heteroatoms. The highest BCUT2D eigenvalue weighted by atomic mass is 32.1. The molecule has 2 aliphatic heterocycles. The van der Waals surface area contributed by atoms with E-state index in [4.69, 9.17) is 19.4 Å². The summed E-state index contributed by atoms with van der Waals surface area (Å²) in [6.45, 7) is 3.07. The Labute approximate surface area is 211 Å². The number of ether oxygens (including phenoxy) is 2. The van der Waals surface area contributed by atoms with Gasteiger partial charge < -0.3 is 30.0 Å². The van der Waals surface area contributed by atoms with Crippen molar-refractivity contribution >= 4 is 39.2 Å². The number of fused-ring (bicyclic) bond motifs is 1. The summed E-state index contributed by atoms with van der Waals surface area (Å²) in [7, 11) is 1.88. The van der Waals surface area contributed by atoms with E-state index in [1.807, 2.05) is 41.5 Å². The lowest BCUT2D eigenvalue weighted by Gasteiger charge is -2.23. The van der Waals surface area contributed by atoms with Crippen LogP contribution in [0.25, 0.3) is 16.7 Å². The number of hydrogen-bond donors (Lipinski definition) is 3. The van der Waals surface area contributed by atoms with Gasteiger partial charge in [0.2, 0.25) is 11.8 Å². The summed E-state index contributed by atoms with van der Waals surface area (Å²) in [6, 6.07) is 3.98. The van der Waals surface area contributed by atoms with E-state index in [0.29, 0.717) is 30.6 Å².